The second kappa shape index (κ2) is 12.7. The number of methoxy groups -OCH3 is 1. The van der Waals surface area contributed by atoms with Crippen LogP contribution in [0.2, 0.25) is 0 Å². The fourth-order valence-electron chi connectivity index (χ4n) is 3.76. The molecule has 0 saturated heterocycles. The van der Waals surface area contributed by atoms with Crippen LogP contribution in [-0.2, 0) is 9.53 Å². The van der Waals surface area contributed by atoms with E-state index in [1.807, 2.05) is 25.2 Å². The summed E-state index contributed by atoms with van der Waals surface area (Å²) in [5, 5.41) is 6.31. The molecule has 0 aromatic heterocycles. The summed E-state index contributed by atoms with van der Waals surface area (Å²) in [5.41, 5.74) is 1.64. The Kier molecular flexibility index (Phi) is 10.3. The van der Waals surface area contributed by atoms with Crippen LogP contribution < -0.4 is 15.4 Å². The van der Waals surface area contributed by atoms with E-state index in [1.54, 1.807) is 26.3 Å². The Morgan fingerprint density at radius 3 is 2.66 bits per heavy atom. The lowest BCUT2D eigenvalue weighted by Crippen LogP contribution is -2.40. The van der Waals surface area contributed by atoms with Crippen molar-refractivity contribution in [2.45, 2.75) is 65.8 Å². The quantitative estimate of drug-likeness (QED) is 0.278. The van der Waals surface area contributed by atoms with Gasteiger partial charge >= 0.3 is 0 Å². The third-order valence-electron chi connectivity index (χ3n) is 5.60. The highest BCUT2D eigenvalue weighted by atomic mass is 19.1. The summed E-state index contributed by atoms with van der Waals surface area (Å²) in [4.78, 5) is 16.6. The number of carbonyl (C=O) groups excluding carboxylic acids is 1. The van der Waals surface area contributed by atoms with Gasteiger partial charge in [-0.1, -0.05) is 39.5 Å². The molecule has 1 aliphatic rings. The maximum Gasteiger partial charge on any atom is 0.224 e. The first-order chi connectivity index (χ1) is 16.5. The van der Waals surface area contributed by atoms with Gasteiger partial charge in [0.2, 0.25) is 5.91 Å². The fraction of sp³-hybridized carbons (Fsp3) is 0.500. The predicted octanol–water partition coefficient (Wildman–Crippen LogP) is 6.07. The molecule has 1 atom stereocenters. The van der Waals surface area contributed by atoms with Crippen molar-refractivity contribution < 1.29 is 18.7 Å². The zero-order chi connectivity index (χ0) is 26.1. The summed E-state index contributed by atoms with van der Waals surface area (Å²) >= 11 is 0. The van der Waals surface area contributed by atoms with E-state index in [2.05, 4.69) is 43.0 Å². The normalized spacial score (nSPS) is 17.9. The number of nitrogens with one attached hydrogen (secondary N) is 2. The van der Waals surface area contributed by atoms with Gasteiger partial charge in [0.15, 0.2) is 0 Å². The number of hydrogen-bond donors (Lipinski definition) is 2. The van der Waals surface area contributed by atoms with Gasteiger partial charge < -0.3 is 20.1 Å². The Balaban J connectivity index is 2.03. The topological polar surface area (TPSA) is 72.0 Å². The molecule has 2 rings (SSSR count). The number of aliphatic imine (C=N–C) groups is 1. The van der Waals surface area contributed by atoms with Gasteiger partial charge in [-0.2, -0.15) is 0 Å². The SMILES string of the molecule is C=C(NC1(C)C=CC(NC(=O)CCCC(C)(C)C)=CC1)c1c(F)cc(OCCOC)cc1N=CC. The van der Waals surface area contributed by atoms with Crippen LogP contribution in [-0.4, -0.2) is 38.0 Å². The zero-order valence-corrected chi connectivity index (χ0v) is 22.0. The molecule has 7 heteroatoms. The third-order valence-corrected chi connectivity index (χ3v) is 5.60. The van der Waals surface area contributed by atoms with Crippen molar-refractivity contribution in [1.29, 1.82) is 0 Å². The summed E-state index contributed by atoms with van der Waals surface area (Å²) in [6.45, 7) is 15.1. The number of allylic oxidation sites excluding steroid dienone is 1. The van der Waals surface area contributed by atoms with Crippen molar-refractivity contribution in [3.63, 3.8) is 0 Å². The number of benzene rings is 1. The molecule has 0 heterocycles. The molecule has 0 radical (unpaired) electrons. The molecule has 6 nitrogen and oxygen atoms in total. The van der Waals surface area contributed by atoms with Crippen molar-refractivity contribution in [2.75, 3.05) is 20.3 Å². The molecule has 2 N–H and O–H groups in total. The molecular formula is C28H40FN3O3. The lowest BCUT2D eigenvalue weighted by molar-refractivity contribution is -0.120. The van der Waals surface area contributed by atoms with Gasteiger partial charge in [-0.25, -0.2) is 4.39 Å². The van der Waals surface area contributed by atoms with Gasteiger partial charge in [0, 0.05) is 43.3 Å². The second-order valence-corrected chi connectivity index (χ2v) is 10.2. The van der Waals surface area contributed by atoms with Crippen LogP contribution in [0.25, 0.3) is 5.70 Å². The molecule has 0 fully saturated rings. The van der Waals surface area contributed by atoms with E-state index >= 15 is 4.39 Å². The molecule has 0 saturated carbocycles. The highest BCUT2D eigenvalue weighted by Gasteiger charge is 2.26. The van der Waals surface area contributed by atoms with Crippen molar-refractivity contribution in [3.8, 4) is 5.75 Å². The van der Waals surface area contributed by atoms with Crippen LogP contribution in [0.1, 0.15) is 65.9 Å². The van der Waals surface area contributed by atoms with Crippen LogP contribution in [0.5, 0.6) is 5.75 Å². The maximum absolute atomic E-state index is 15.1. The molecule has 1 amide bonds. The monoisotopic (exact) mass is 485 g/mol. The minimum Gasteiger partial charge on any atom is -0.491 e. The Labute approximate surface area is 209 Å². The summed E-state index contributed by atoms with van der Waals surface area (Å²) in [6, 6.07) is 3.02. The first-order valence-corrected chi connectivity index (χ1v) is 12.1. The average Bonchev–Trinajstić information content (AvgIpc) is 2.74. The van der Waals surface area contributed by atoms with Gasteiger partial charge in [-0.15, -0.1) is 0 Å². The van der Waals surface area contributed by atoms with Crippen LogP contribution >= 0.6 is 0 Å². The van der Waals surface area contributed by atoms with Gasteiger partial charge in [-0.3, -0.25) is 9.79 Å². The van der Waals surface area contributed by atoms with Crippen LogP contribution in [0.3, 0.4) is 0 Å². The van der Waals surface area contributed by atoms with Gasteiger partial charge in [0.05, 0.1) is 23.4 Å². The van der Waals surface area contributed by atoms with E-state index in [4.69, 9.17) is 9.47 Å². The second-order valence-electron chi connectivity index (χ2n) is 10.2. The zero-order valence-electron chi connectivity index (χ0n) is 22.0. The summed E-state index contributed by atoms with van der Waals surface area (Å²) < 4.78 is 25.6. The number of hydrogen-bond acceptors (Lipinski definition) is 5. The lowest BCUT2D eigenvalue weighted by atomic mass is 9.89. The largest absolute Gasteiger partial charge is 0.491 e. The lowest BCUT2D eigenvalue weighted by Gasteiger charge is -2.32. The van der Waals surface area contributed by atoms with E-state index in [9.17, 15) is 4.79 Å². The van der Waals surface area contributed by atoms with Crippen molar-refractivity contribution in [2.24, 2.45) is 10.4 Å². The van der Waals surface area contributed by atoms with E-state index in [0.717, 1.165) is 18.5 Å². The van der Waals surface area contributed by atoms with Gasteiger partial charge in [-0.05, 0) is 44.6 Å². The van der Waals surface area contributed by atoms with Crippen molar-refractivity contribution in [1.82, 2.24) is 10.6 Å². The minimum absolute atomic E-state index is 0.0167. The Morgan fingerprint density at radius 2 is 2.06 bits per heavy atom. The highest BCUT2D eigenvalue weighted by Crippen LogP contribution is 2.34. The maximum atomic E-state index is 15.1. The fourth-order valence-corrected chi connectivity index (χ4v) is 3.76. The molecular weight excluding hydrogens is 445 g/mol. The molecule has 0 aliphatic heterocycles. The molecule has 1 aromatic carbocycles. The number of ether oxygens (including phenoxy) is 2. The Morgan fingerprint density at radius 1 is 1.31 bits per heavy atom. The molecule has 192 valence electrons. The molecule has 1 aromatic rings. The van der Waals surface area contributed by atoms with E-state index in [0.29, 0.717) is 48.8 Å². The van der Waals surface area contributed by atoms with Crippen molar-refractivity contribution >= 4 is 23.5 Å². The smallest absolute Gasteiger partial charge is 0.224 e. The Hall–Kier alpha value is -2.93. The summed E-state index contributed by atoms with van der Waals surface area (Å²) in [6.07, 6.45) is 10.4. The standard InChI is InChI=1S/C28H40FN3O3/c1-8-30-24-19-22(35-17-16-34-7)18-23(29)26(24)20(2)32-28(6)14-11-21(12-15-28)31-25(33)10-9-13-27(3,4)5/h8,11-12,14,18-19,32H,2,9-10,13,15-17H2,1,3-7H3,(H,31,33). The van der Waals surface area contributed by atoms with Crippen molar-refractivity contribution in [3.05, 3.63) is 54.0 Å². The molecule has 35 heavy (non-hydrogen) atoms. The molecule has 0 spiro atoms. The first-order valence-electron chi connectivity index (χ1n) is 12.1. The van der Waals surface area contributed by atoms with Crippen LogP contribution in [0.15, 0.2) is 47.6 Å². The summed E-state index contributed by atoms with van der Waals surface area (Å²) in [7, 11) is 1.58. The number of nitrogens with zero attached hydrogens (tertiary/aromatic N) is 1. The predicted molar refractivity (Wildman–Crippen MR) is 141 cm³/mol. The molecule has 0 bridgehead atoms. The summed E-state index contributed by atoms with van der Waals surface area (Å²) in [5.74, 6) is -0.0745. The van der Waals surface area contributed by atoms with Gasteiger partial charge in [0.1, 0.15) is 18.2 Å². The number of halogens is 1. The van der Waals surface area contributed by atoms with Crippen LogP contribution in [0.4, 0.5) is 10.1 Å². The van der Waals surface area contributed by atoms with Crippen LogP contribution in [0, 0.1) is 11.2 Å². The Bertz CT molecular complexity index is 992. The van der Waals surface area contributed by atoms with E-state index < -0.39 is 11.4 Å². The molecule has 1 aliphatic carbocycles. The number of carbonyl (C=O) groups is 1. The molecule has 1 unspecified atom stereocenters. The van der Waals surface area contributed by atoms with E-state index in [-0.39, 0.29) is 11.3 Å². The highest BCUT2D eigenvalue weighted by molar-refractivity contribution is 5.79. The van der Waals surface area contributed by atoms with Gasteiger partial charge in [0.25, 0.3) is 0 Å². The third kappa shape index (κ3) is 9.32. The minimum atomic E-state index is -0.495. The number of amides is 1. The average molecular weight is 486 g/mol. The number of rotatable bonds is 12. The first kappa shape index (κ1) is 28.3. The van der Waals surface area contributed by atoms with E-state index in [1.165, 1.54) is 6.07 Å².